The molecular formula is C15H14F3NO3S. The molecule has 2 rings (SSSR count). The third-order valence-corrected chi connectivity index (χ3v) is 5.00. The second-order valence-corrected chi connectivity index (χ2v) is 6.64. The monoisotopic (exact) mass is 345 g/mol. The van der Waals surface area contributed by atoms with E-state index < -0.39 is 32.4 Å². The quantitative estimate of drug-likeness (QED) is 0.809. The Morgan fingerprint density at radius 3 is 2.13 bits per heavy atom. The molecule has 0 aliphatic carbocycles. The number of hydrogen-bond donors (Lipinski definition) is 0. The van der Waals surface area contributed by atoms with Crippen LogP contribution in [0.1, 0.15) is 0 Å². The molecule has 0 atom stereocenters. The van der Waals surface area contributed by atoms with Crippen LogP contribution in [0.3, 0.4) is 0 Å². The molecule has 0 saturated heterocycles. The van der Waals surface area contributed by atoms with Crippen molar-refractivity contribution in [2.24, 2.45) is 0 Å². The van der Waals surface area contributed by atoms with Gasteiger partial charge in [0, 0.05) is 13.6 Å². The van der Waals surface area contributed by atoms with Crippen molar-refractivity contribution in [3.63, 3.8) is 0 Å². The van der Waals surface area contributed by atoms with Gasteiger partial charge in [-0.15, -0.1) is 0 Å². The molecule has 2 aromatic rings. The molecule has 0 bridgehead atoms. The number of halogens is 3. The SMILES string of the molecule is CN(CCOc1ccccc1F)S(=O)(=O)c1c(F)cccc1F. The molecule has 0 unspecified atom stereocenters. The number of benzene rings is 2. The first kappa shape index (κ1) is 17.3. The van der Waals surface area contributed by atoms with Gasteiger partial charge in [-0.3, -0.25) is 0 Å². The number of rotatable bonds is 6. The van der Waals surface area contributed by atoms with Gasteiger partial charge >= 0.3 is 0 Å². The van der Waals surface area contributed by atoms with Crippen LogP contribution in [0, 0.1) is 17.5 Å². The Balaban J connectivity index is 2.08. The minimum atomic E-state index is -4.36. The van der Waals surface area contributed by atoms with Gasteiger partial charge in [-0.25, -0.2) is 21.6 Å². The number of likely N-dealkylation sites (N-methyl/N-ethyl adjacent to an activating group) is 1. The van der Waals surface area contributed by atoms with Gasteiger partial charge in [0.15, 0.2) is 16.5 Å². The molecule has 0 amide bonds. The van der Waals surface area contributed by atoms with E-state index >= 15 is 0 Å². The Labute approximate surface area is 132 Å². The van der Waals surface area contributed by atoms with Crippen molar-refractivity contribution in [2.45, 2.75) is 4.90 Å². The zero-order valence-corrected chi connectivity index (χ0v) is 13.0. The van der Waals surface area contributed by atoms with Crippen LogP contribution in [-0.2, 0) is 10.0 Å². The molecule has 8 heteroatoms. The van der Waals surface area contributed by atoms with Crippen LogP contribution in [0.5, 0.6) is 5.75 Å². The third-order valence-electron chi connectivity index (χ3n) is 3.09. The Hall–Kier alpha value is -2.06. The fourth-order valence-corrected chi connectivity index (χ4v) is 3.11. The lowest BCUT2D eigenvalue weighted by Crippen LogP contribution is -2.32. The molecule has 0 spiro atoms. The lowest BCUT2D eigenvalue weighted by Gasteiger charge is -2.18. The highest BCUT2D eigenvalue weighted by atomic mass is 32.2. The normalized spacial score (nSPS) is 11.7. The zero-order chi connectivity index (χ0) is 17.0. The highest BCUT2D eigenvalue weighted by Gasteiger charge is 2.28. The fraction of sp³-hybridized carbons (Fsp3) is 0.200. The summed E-state index contributed by atoms with van der Waals surface area (Å²) in [5.41, 5.74) is 0. The van der Waals surface area contributed by atoms with Crippen molar-refractivity contribution in [1.82, 2.24) is 4.31 Å². The molecule has 0 saturated carbocycles. The molecular weight excluding hydrogens is 331 g/mol. The first-order chi connectivity index (χ1) is 10.8. The summed E-state index contributed by atoms with van der Waals surface area (Å²) < 4.78 is 70.9. The molecule has 2 aromatic carbocycles. The first-order valence-corrected chi connectivity index (χ1v) is 8.05. The summed E-state index contributed by atoms with van der Waals surface area (Å²) in [5, 5.41) is 0. The van der Waals surface area contributed by atoms with E-state index in [1.165, 1.54) is 18.2 Å². The summed E-state index contributed by atoms with van der Waals surface area (Å²) in [7, 11) is -3.20. The van der Waals surface area contributed by atoms with E-state index in [4.69, 9.17) is 4.74 Å². The number of nitrogens with zero attached hydrogens (tertiary/aromatic N) is 1. The van der Waals surface area contributed by atoms with Gasteiger partial charge in [0.1, 0.15) is 18.2 Å². The fourth-order valence-electron chi connectivity index (χ4n) is 1.85. The van der Waals surface area contributed by atoms with Crippen molar-refractivity contribution in [1.29, 1.82) is 0 Å². The first-order valence-electron chi connectivity index (χ1n) is 6.61. The second kappa shape index (κ2) is 7.01. The number of sulfonamides is 1. The predicted octanol–water partition coefficient (Wildman–Crippen LogP) is 2.80. The van der Waals surface area contributed by atoms with E-state index in [0.717, 1.165) is 29.6 Å². The average Bonchev–Trinajstić information content (AvgIpc) is 2.48. The Kier molecular flexibility index (Phi) is 5.27. The van der Waals surface area contributed by atoms with Crippen molar-refractivity contribution in [3.05, 3.63) is 59.9 Å². The van der Waals surface area contributed by atoms with Gasteiger partial charge in [-0.1, -0.05) is 18.2 Å². The molecule has 4 nitrogen and oxygen atoms in total. The van der Waals surface area contributed by atoms with E-state index in [9.17, 15) is 21.6 Å². The highest BCUT2D eigenvalue weighted by molar-refractivity contribution is 7.89. The topological polar surface area (TPSA) is 46.6 Å². The molecule has 0 aromatic heterocycles. The lowest BCUT2D eigenvalue weighted by atomic mass is 10.3. The van der Waals surface area contributed by atoms with Crippen molar-refractivity contribution in [3.8, 4) is 5.75 Å². The van der Waals surface area contributed by atoms with Crippen LogP contribution < -0.4 is 4.74 Å². The van der Waals surface area contributed by atoms with Gasteiger partial charge < -0.3 is 4.74 Å². The number of ether oxygens (including phenoxy) is 1. The predicted molar refractivity (Wildman–Crippen MR) is 78.1 cm³/mol. The molecule has 0 fully saturated rings. The summed E-state index contributed by atoms with van der Waals surface area (Å²) in [6.45, 7) is -0.378. The van der Waals surface area contributed by atoms with Crippen molar-refractivity contribution < 1.29 is 26.3 Å². The molecule has 0 aliphatic rings. The molecule has 23 heavy (non-hydrogen) atoms. The zero-order valence-electron chi connectivity index (χ0n) is 12.2. The van der Waals surface area contributed by atoms with Gasteiger partial charge in [0.25, 0.3) is 0 Å². The third kappa shape index (κ3) is 3.83. The molecule has 0 radical (unpaired) electrons. The Morgan fingerprint density at radius 2 is 1.52 bits per heavy atom. The molecule has 0 aliphatic heterocycles. The van der Waals surface area contributed by atoms with E-state index in [1.807, 2.05) is 0 Å². The van der Waals surface area contributed by atoms with Crippen LogP contribution in [0.4, 0.5) is 13.2 Å². The number of para-hydroxylation sites is 1. The smallest absolute Gasteiger partial charge is 0.248 e. The van der Waals surface area contributed by atoms with Crippen LogP contribution in [0.2, 0.25) is 0 Å². The summed E-state index contributed by atoms with van der Waals surface area (Å²) in [4.78, 5) is -1.02. The summed E-state index contributed by atoms with van der Waals surface area (Å²) in [5.74, 6) is -2.97. The molecule has 0 heterocycles. The summed E-state index contributed by atoms with van der Waals surface area (Å²) in [6.07, 6.45) is 0. The lowest BCUT2D eigenvalue weighted by molar-refractivity contribution is 0.274. The Bertz CT molecular complexity index is 776. The molecule has 0 N–H and O–H groups in total. The number of hydrogen-bond acceptors (Lipinski definition) is 3. The maximum Gasteiger partial charge on any atom is 0.248 e. The van der Waals surface area contributed by atoms with E-state index in [1.54, 1.807) is 6.07 Å². The van der Waals surface area contributed by atoms with E-state index in [2.05, 4.69) is 0 Å². The average molecular weight is 345 g/mol. The minimum absolute atomic E-state index is 0.0321. The maximum atomic E-state index is 13.6. The minimum Gasteiger partial charge on any atom is -0.489 e. The van der Waals surface area contributed by atoms with Crippen LogP contribution >= 0.6 is 0 Å². The highest BCUT2D eigenvalue weighted by Crippen LogP contribution is 2.22. The summed E-state index contributed by atoms with van der Waals surface area (Å²) >= 11 is 0. The second-order valence-electron chi connectivity index (χ2n) is 4.66. The van der Waals surface area contributed by atoms with Gasteiger partial charge in [-0.05, 0) is 24.3 Å². The van der Waals surface area contributed by atoms with Gasteiger partial charge in [0.2, 0.25) is 10.0 Å². The standard InChI is InChI=1S/C15H14F3NO3S/c1-19(9-10-22-14-8-3-2-5-11(14)16)23(20,21)15-12(17)6-4-7-13(15)18/h2-8H,9-10H2,1H3. The van der Waals surface area contributed by atoms with Crippen LogP contribution in [0.15, 0.2) is 47.4 Å². The van der Waals surface area contributed by atoms with Crippen molar-refractivity contribution >= 4 is 10.0 Å². The van der Waals surface area contributed by atoms with Crippen LogP contribution in [0.25, 0.3) is 0 Å². The van der Waals surface area contributed by atoms with Gasteiger partial charge in [-0.2, -0.15) is 4.31 Å². The molecule has 124 valence electrons. The van der Waals surface area contributed by atoms with Crippen molar-refractivity contribution in [2.75, 3.05) is 20.2 Å². The van der Waals surface area contributed by atoms with Crippen LogP contribution in [-0.4, -0.2) is 32.9 Å². The van der Waals surface area contributed by atoms with E-state index in [0.29, 0.717) is 0 Å². The van der Waals surface area contributed by atoms with Gasteiger partial charge in [0.05, 0.1) is 0 Å². The largest absolute Gasteiger partial charge is 0.489 e. The van der Waals surface area contributed by atoms with E-state index in [-0.39, 0.29) is 18.9 Å². The Morgan fingerprint density at radius 1 is 0.957 bits per heavy atom. The summed E-state index contributed by atoms with van der Waals surface area (Å²) in [6, 6.07) is 8.43. The maximum absolute atomic E-state index is 13.6.